The number of aryl methyl sites for hydroxylation is 1. The summed E-state index contributed by atoms with van der Waals surface area (Å²) in [5.74, 6) is 0.863. The Morgan fingerprint density at radius 2 is 2.24 bits per heavy atom. The van der Waals surface area contributed by atoms with Crippen molar-refractivity contribution < 1.29 is 4.74 Å². The third kappa shape index (κ3) is 3.60. The molecule has 1 rings (SSSR count). The molecule has 1 aromatic rings. The molecule has 0 aliphatic carbocycles. The Labute approximate surface area is 104 Å². The molecule has 4 nitrogen and oxygen atoms in total. The highest BCUT2D eigenvalue weighted by Crippen LogP contribution is 2.23. The van der Waals surface area contributed by atoms with Gasteiger partial charge in [0, 0.05) is 25.9 Å². The number of nitrogen functional groups attached to an aromatic ring is 1. The van der Waals surface area contributed by atoms with E-state index in [0.29, 0.717) is 12.6 Å². The summed E-state index contributed by atoms with van der Waals surface area (Å²) >= 11 is 0. The average molecular weight is 237 g/mol. The number of aromatic nitrogens is 1. The standard InChI is InChI=1S/C13H23N3O/c1-5-11(3)16(6-7-17-4)13-12(14)8-10(2)9-15-13/h8-9,11H,5-7,14H2,1-4H3. The molecule has 1 heterocycles. The van der Waals surface area contributed by atoms with Crippen molar-refractivity contribution in [3.8, 4) is 0 Å². The Hall–Kier alpha value is -1.29. The number of pyridine rings is 1. The molecular formula is C13H23N3O. The molecule has 0 aromatic carbocycles. The number of nitrogens with zero attached hydrogens (tertiary/aromatic N) is 2. The maximum atomic E-state index is 6.04. The van der Waals surface area contributed by atoms with Gasteiger partial charge in [0.1, 0.15) is 0 Å². The van der Waals surface area contributed by atoms with Gasteiger partial charge in [-0.2, -0.15) is 0 Å². The summed E-state index contributed by atoms with van der Waals surface area (Å²) in [7, 11) is 1.71. The van der Waals surface area contributed by atoms with Crippen LogP contribution in [0.4, 0.5) is 11.5 Å². The van der Waals surface area contributed by atoms with Crippen LogP contribution in [-0.4, -0.2) is 31.3 Å². The summed E-state index contributed by atoms with van der Waals surface area (Å²) in [4.78, 5) is 6.65. The highest BCUT2D eigenvalue weighted by molar-refractivity contribution is 5.63. The predicted molar refractivity (Wildman–Crippen MR) is 72.4 cm³/mol. The van der Waals surface area contributed by atoms with E-state index in [1.54, 1.807) is 7.11 Å². The summed E-state index contributed by atoms with van der Waals surface area (Å²) < 4.78 is 5.14. The lowest BCUT2D eigenvalue weighted by Crippen LogP contribution is -2.36. The molecule has 17 heavy (non-hydrogen) atoms. The summed E-state index contributed by atoms with van der Waals surface area (Å²) in [5, 5.41) is 0. The van der Waals surface area contributed by atoms with Gasteiger partial charge in [0.05, 0.1) is 12.3 Å². The third-order valence-corrected chi connectivity index (χ3v) is 2.96. The number of hydrogen-bond acceptors (Lipinski definition) is 4. The first-order chi connectivity index (χ1) is 8.10. The zero-order valence-corrected chi connectivity index (χ0v) is 11.2. The second-order valence-corrected chi connectivity index (χ2v) is 4.37. The fraction of sp³-hybridized carbons (Fsp3) is 0.615. The zero-order chi connectivity index (χ0) is 12.8. The topological polar surface area (TPSA) is 51.4 Å². The average Bonchev–Trinajstić information content (AvgIpc) is 2.31. The Morgan fingerprint density at radius 3 is 2.76 bits per heavy atom. The highest BCUT2D eigenvalue weighted by atomic mass is 16.5. The predicted octanol–water partition coefficient (Wildman–Crippen LogP) is 2.22. The van der Waals surface area contributed by atoms with Crippen molar-refractivity contribution in [1.29, 1.82) is 0 Å². The Kier molecular flexibility index (Phi) is 5.22. The molecule has 0 radical (unpaired) electrons. The molecule has 0 aliphatic rings. The Morgan fingerprint density at radius 1 is 1.53 bits per heavy atom. The van der Waals surface area contributed by atoms with Crippen LogP contribution in [0.2, 0.25) is 0 Å². The minimum absolute atomic E-state index is 0.405. The number of methoxy groups -OCH3 is 1. The van der Waals surface area contributed by atoms with Gasteiger partial charge in [-0.1, -0.05) is 6.92 Å². The largest absolute Gasteiger partial charge is 0.396 e. The minimum atomic E-state index is 0.405. The van der Waals surface area contributed by atoms with E-state index in [2.05, 4.69) is 23.7 Å². The Balaban J connectivity index is 2.95. The van der Waals surface area contributed by atoms with Gasteiger partial charge < -0.3 is 15.4 Å². The molecule has 1 atom stereocenters. The van der Waals surface area contributed by atoms with Crippen LogP contribution in [-0.2, 0) is 4.74 Å². The maximum Gasteiger partial charge on any atom is 0.152 e. The molecular weight excluding hydrogens is 214 g/mol. The van der Waals surface area contributed by atoms with Crippen LogP contribution in [0.15, 0.2) is 12.3 Å². The summed E-state index contributed by atoms with van der Waals surface area (Å²) in [6.07, 6.45) is 2.91. The van der Waals surface area contributed by atoms with E-state index in [1.807, 2.05) is 19.2 Å². The van der Waals surface area contributed by atoms with Crippen LogP contribution in [0.3, 0.4) is 0 Å². The second kappa shape index (κ2) is 6.45. The van der Waals surface area contributed by atoms with E-state index in [0.717, 1.165) is 30.0 Å². The van der Waals surface area contributed by atoms with Crippen molar-refractivity contribution in [2.24, 2.45) is 0 Å². The lowest BCUT2D eigenvalue weighted by Gasteiger charge is -2.30. The van der Waals surface area contributed by atoms with Crippen molar-refractivity contribution in [2.75, 3.05) is 30.9 Å². The zero-order valence-electron chi connectivity index (χ0n) is 11.2. The number of anilines is 2. The first kappa shape index (κ1) is 13.8. The van der Waals surface area contributed by atoms with Crippen molar-refractivity contribution in [2.45, 2.75) is 33.2 Å². The molecule has 2 N–H and O–H groups in total. The number of hydrogen-bond donors (Lipinski definition) is 1. The minimum Gasteiger partial charge on any atom is -0.396 e. The summed E-state index contributed by atoms with van der Waals surface area (Å²) in [5.41, 5.74) is 7.86. The first-order valence-electron chi connectivity index (χ1n) is 6.07. The van der Waals surface area contributed by atoms with Gasteiger partial charge in [-0.15, -0.1) is 0 Å². The van der Waals surface area contributed by atoms with Gasteiger partial charge >= 0.3 is 0 Å². The molecule has 1 aromatic heterocycles. The van der Waals surface area contributed by atoms with E-state index < -0.39 is 0 Å². The highest BCUT2D eigenvalue weighted by Gasteiger charge is 2.16. The Bertz CT molecular complexity index is 355. The molecule has 0 aliphatic heterocycles. The van der Waals surface area contributed by atoms with Crippen LogP contribution in [0, 0.1) is 6.92 Å². The van der Waals surface area contributed by atoms with Crippen molar-refractivity contribution in [1.82, 2.24) is 4.98 Å². The van der Waals surface area contributed by atoms with Gasteiger partial charge in [-0.05, 0) is 31.9 Å². The van der Waals surface area contributed by atoms with Crippen molar-refractivity contribution in [3.05, 3.63) is 17.8 Å². The van der Waals surface area contributed by atoms with E-state index in [9.17, 15) is 0 Å². The van der Waals surface area contributed by atoms with Gasteiger partial charge in [0.2, 0.25) is 0 Å². The second-order valence-electron chi connectivity index (χ2n) is 4.37. The first-order valence-corrected chi connectivity index (χ1v) is 6.07. The van der Waals surface area contributed by atoms with E-state index in [-0.39, 0.29) is 0 Å². The van der Waals surface area contributed by atoms with Crippen LogP contribution < -0.4 is 10.6 Å². The number of rotatable bonds is 6. The fourth-order valence-corrected chi connectivity index (χ4v) is 1.77. The van der Waals surface area contributed by atoms with Crippen molar-refractivity contribution >= 4 is 11.5 Å². The molecule has 0 saturated heterocycles. The molecule has 4 heteroatoms. The molecule has 0 saturated carbocycles. The van der Waals surface area contributed by atoms with Gasteiger partial charge in [-0.25, -0.2) is 4.98 Å². The van der Waals surface area contributed by atoms with Crippen molar-refractivity contribution in [3.63, 3.8) is 0 Å². The van der Waals surface area contributed by atoms with Crippen LogP contribution in [0.25, 0.3) is 0 Å². The molecule has 0 bridgehead atoms. The lowest BCUT2D eigenvalue weighted by molar-refractivity contribution is 0.203. The fourth-order valence-electron chi connectivity index (χ4n) is 1.77. The number of ether oxygens (including phenoxy) is 1. The molecule has 0 fully saturated rings. The van der Waals surface area contributed by atoms with Crippen LogP contribution >= 0.6 is 0 Å². The maximum absolute atomic E-state index is 6.04. The normalized spacial score (nSPS) is 12.5. The van der Waals surface area contributed by atoms with E-state index >= 15 is 0 Å². The summed E-state index contributed by atoms with van der Waals surface area (Å²) in [6, 6.07) is 2.37. The molecule has 0 spiro atoms. The third-order valence-electron chi connectivity index (χ3n) is 2.96. The summed E-state index contributed by atoms with van der Waals surface area (Å²) in [6.45, 7) is 7.83. The van der Waals surface area contributed by atoms with Gasteiger partial charge in [-0.3, -0.25) is 0 Å². The van der Waals surface area contributed by atoms with Gasteiger partial charge in [0.15, 0.2) is 5.82 Å². The van der Waals surface area contributed by atoms with Crippen LogP contribution in [0.5, 0.6) is 0 Å². The molecule has 96 valence electrons. The molecule has 0 amide bonds. The smallest absolute Gasteiger partial charge is 0.152 e. The van der Waals surface area contributed by atoms with E-state index in [4.69, 9.17) is 10.5 Å². The van der Waals surface area contributed by atoms with Crippen LogP contribution in [0.1, 0.15) is 25.8 Å². The monoisotopic (exact) mass is 237 g/mol. The SMILES string of the molecule is CCC(C)N(CCOC)c1ncc(C)cc1N. The number of nitrogens with two attached hydrogens (primary N) is 1. The quantitative estimate of drug-likeness (QED) is 0.824. The lowest BCUT2D eigenvalue weighted by atomic mass is 10.2. The van der Waals surface area contributed by atoms with Gasteiger partial charge in [0.25, 0.3) is 0 Å². The van der Waals surface area contributed by atoms with E-state index in [1.165, 1.54) is 0 Å². The molecule has 1 unspecified atom stereocenters.